The van der Waals surface area contributed by atoms with Gasteiger partial charge in [-0.15, -0.1) is 0 Å². The summed E-state index contributed by atoms with van der Waals surface area (Å²) in [6.45, 7) is 2.58. The number of carbonyl (C=O) groups is 1. The van der Waals surface area contributed by atoms with Crippen LogP contribution in [0.3, 0.4) is 0 Å². The lowest BCUT2D eigenvalue weighted by Crippen LogP contribution is -2.36. The fourth-order valence-corrected chi connectivity index (χ4v) is 2.00. The van der Waals surface area contributed by atoms with Gasteiger partial charge >= 0.3 is 5.97 Å². The average molecular weight is 199 g/mol. The van der Waals surface area contributed by atoms with Gasteiger partial charge in [-0.05, 0) is 32.2 Å². The minimum Gasteiger partial charge on any atom is -0.480 e. The molecule has 0 amide bonds. The molecule has 2 N–H and O–H groups in total. The Kier molecular flexibility index (Phi) is 4.94. The van der Waals surface area contributed by atoms with Crippen LogP contribution in [-0.4, -0.2) is 23.7 Å². The molecule has 1 atom stereocenters. The second-order valence-electron chi connectivity index (χ2n) is 4.33. The van der Waals surface area contributed by atoms with Crippen LogP contribution in [0.5, 0.6) is 0 Å². The highest BCUT2D eigenvalue weighted by Gasteiger charge is 2.15. The molecule has 0 aromatic carbocycles. The molecule has 0 bridgehead atoms. The Morgan fingerprint density at radius 2 is 1.93 bits per heavy atom. The first-order valence-electron chi connectivity index (χ1n) is 5.66. The van der Waals surface area contributed by atoms with Crippen molar-refractivity contribution in [3.63, 3.8) is 0 Å². The third-order valence-corrected chi connectivity index (χ3v) is 3.06. The molecule has 82 valence electrons. The van der Waals surface area contributed by atoms with Crippen molar-refractivity contribution < 1.29 is 9.90 Å². The molecule has 1 aliphatic rings. The molecule has 0 spiro atoms. The third kappa shape index (κ3) is 4.09. The number of hydrogen-bond acceptors (Lipinski definition) is 2. The normalized spacial score (nSPS) is 21.5. The van der Waals surface area contributed by atoms with E-state index in [0.717, 1.165) is 6.54 Å². The highest BCUT2D eigenvalue weighted by molar-refractivity contribution is 5.72. The second kappa shape index (κ2) is 6.02. The van der Waals surface area contributed by atoms with Crippen LogP contribution in [0.15, 0.2) is 0 Å². The van der Waals surface area contributed by atoms with Crippen LogP contribution in [0.1, 0.15) is 45.4 Å². The van der Waals surface area contributed by atoms with Crippen molar-refractivity contribution >= 4 is 5.97 Å². The van der Waals surface area contributed by atoms with Gasteiger partial charge in [-0.25, -0.2) is 0 Å². The zero-order valence-electron chi connectivity index (χ0n) is 8.96. The molecule has 1 fully saturated rings. The summed E-state index contributed by atoms with van der Waals surface area (Å²) in [7, 11) is 0. The highest BCUT2D eigenvalue weighted by Crippen LogP contribution is 2.22. The molecule has 0 radical (unpaired) electrons. The first-order valence-corrected chi connectivity index (χ1v) is 5.66. The molecule has 0 aromatic rings. The molecule has 0 aromatic heterocycles. The molecule has 14 heavy (non-hydrogen) atoms. The molecular formula is C11H21NO2. The van der Waals surface area contributed by atoms with Crippen molar-refractivity contribution in [2.24, 2.45) is 5.92 Å². The smallest absolute Gasteiger partial charge is 0.320 e. The Bertz CT molecular complexity index is 174. The summed E-state index contributed by atoms with van der Waals surface area (Å²) in [5, 5.41) is 11.8. The lowest BCUT2D eigenvalue weighted by Gasteiger charge is -2.16. The number of rotatable bonds is 4. The van der Waals surface area contributed by atoms with Gasteiger partial charge in [-0.1, -0.05) is 25.7 Å². The summed E-state index contributed by atoms with van der Waals surface area (Å²) >= 11 is 0. The molecule has 0 saturated heterocycles. The number of carboxylic acids is 1. The van der Waals surface area contributed by atoms with Crippen molar-refractivity contribution in [1.29, 1.82) is 0 Å². The van der Waals surface area contributed by atoms with Gasteiger partial charge in [-0.3, -0.25) is 4.79 Å². The minimum atomic E-state index is -0.751. The van der Waals surface area contributed by atoms with E-state index in [9.17, 15) is 4.79 Å². The molecule has 1 aliphatic carbocycles. The fourth-order valence-electron chi connectivity index (χ4n) is 2.00. The van der Waals surface area contributed by atoms with Crippen molar-refractivity contribution in [1.82, 2.24) is 5.32 Å². The lowest BCUT2D eigenvalue weighted by molar-refractivity contribution is -0.139. The second-order valence-corrected chi connectivity index (χ2v) is 4.33. The van der Waals surface area contributed by atoms with Crippen LogP contribution in [-0.2, 0) is 4.79 Å². The van der Waals surface area contributed by atoms with E-state index in [1.54, 1.807) is 6.92 Å². The van der Waals surface area contributed by atoms with Crippen molar-refractivity contribution in [3.05, 3.63) is 0 Å². The van der Waals surface area contributed by atoms with E-state index in [2.05, 4.69) is 5.32 Å². The number of carboxylic acid groups (broad SMARTS) is 1. The van der Waals surface area contributed by atoms with Gasteiger partial charge < -0.3 is 10.4 Å². The largest absolute Gasteiger partial charge is 0.480 e. The Balaban J connectivity index is 2.18. The maximum absolute atomic E-state index is 10.6. The molecule has 3 nitrogen and oxygen atoms in total. The first kappa shape index (κ1) is 11.5. The van der Waals surface area contributed by atoms with Crippen molar-refractivity contribution in [3.8, 4) is 0 Å². The van der Waals surface area contributed by atoms with E-state index in [4.69, 9.17) is 5.11 Å². The SMILES string of the molecule is CC(NCC1CCCCCC1)C(=O)O. The average Bonchev–Trinajstić information content (AvgIpc) is 2.42. The van der Waals surface area contributed by atoms with E-state index in [0.29, 0.717) is 5.92 Å². The van der Waals surface area contributed by atoms with E-state index >= 15 is 0 Å². The first-order chi connectivity index (χ1) is 6.70. The number of hydrogen-bond donors (Lipinski definition) is 2. The molecular weight excluding hydrogens is 178 g/mol. The Morgan fingerprint density at radius 3 is 2.43 bits per heavy atom. The Hall–Kier alpha value is -0.570. The molecule has 3 heteroatoms. The lowest BCUT2D eigenvalue weighted by atomic mass is 10.0. The molecule has 0 aliphatic heterocycles. The van der Waals surface area contributed by atoms with Crippen LogP contribution < -0.4 is 5.32 Å². The summed E-state index contributed by atoms with van der Waals surface area (Å²) < 4.78 is 0. The van der Waals surface area contributed by atoms with Gasteiger partial charge in [0.05, 0.1) is 0 Å². The standard InChI is InChI=1S/C11H21NO2/c1-9(11(13)14)12-8-10-6-4-2-3-5-7-10/h9-10,12H,2-8H2,1H3,(H,13,14). The zero-order valence-corrected chi connectivity index (χ0v) is 8.96. The van der Waals surface area contributed by atoms with Crippen molar-refractivity contribution in [2.45, 2.75) is 51.5 Å². The zero-order chi connectivity index (χ0) is 10.4. The molecule has 0 heterocycles. The predicted octanol–water partition coefficient (Wildman–Crippen LogP) is 2.02. The van der Waals surface area contributed by atoms with Crippen LogP contribution in [0.25, 0.3) is 0 Å². The maximum Gasteiger partial charge on any atom is 0.320 e. The number of aliphatic carboxylic acids is 1. The Labute approximate surface area is 85.9 Å². The van der Waals surface area contributed by atoms with Gasteiger partial charge in [0.1, 0.15) is 6.04 Å². The van der Waals surface area contributed by atoms with Crippen LogP contribution in [0.2, 0.25) is 0 Å². The van der Waals surface area contributed by atoms with E-state index in [-0.39, 0.29) is 0 Å². The summed E-state index contributed by atoms with van der Waals surface area (Å²) in [6.07, 6.45) is 7.86. The van der Waals surface area contributed by atoms with Gasteiger partial charge in [0, 0.05) is 0 Å². The molecule has 1 unspecified atom stereocenters. The molecule has 1 saturated carbocycles. The van der Waals surface area contributed by atoms with E-state index in [1.165, 1.54) is 38.5 Å². The van der Waals surface area contributed by atoms with Crippen LogP contribution in [0, 0.1) is 5.92 Å². The summed E-state index contributed by atoms with van der Waals surface area (Å²) in [5.74, 6) is -0.0575. The monoisotopic (exact) mass is 199 g/mol. The van der Waals surface area contributed by atoms with E-state index in [1.807, 2.05) is 0 Å². The topological polar surface area (TPSA) is 49.3 Å². The van der Waals surface area contributed by atoms with Gasteiger partial charge in [0.2, 0.25) is 0 Å². The molecule has 1 rings (SSSR count). The minimum absolute atomic E-state index is 0.404. The predicted molar refractivity (Wildman–Crippen MR) is 56.3 cm³/mol. The van der Waals surface area contributed by atoms with Crippen molar-refractivity contribution in [2.75, 3.05) is 6.54 Å². The summed E-state index contributed by atoms with van der Waals surface area (Å²) in [4.78, 5) is 10.6. The summed E-state index contributed by atoms with van der Waals surface area (Å²) in [5.41, 5.74) is 0. The van der Waals surface area contributed by atoms with Crippen LogP contribution in [0.4, 0.5) is 0 Å². The van der Waals surface area contributed by atoms with E-state index < -0.39 is 12.0 Å². The van der Waals surface area contributed by atoms with Crippen LogP contribution >= 0.6 is 0 Å². The highest BCUT2D eigenvalue weighted by atomic mass is 16.4. The van der Waals surface area contributed by atoms with Gasteiger partial charge in [0.15, 0.2) is 0 Å². The third-order valence-electron chi connectivity index (χ3n) is 3.06. The summed E-state index contributed by atoms with van der Waals surface area (Å²) in [6, 6.07) is -0.404. The maximum atomic E-state index is 10.6. The van der Waals surface area contributed by atoms with Gasteiger partial charge in [-0.2, -0.15) is 0 Å². The Morgan fingerprint density at radius 1 is 1.36 bits per heavy atom. The van der Waals surface area contributed by atoms with Gasteiger partial charge in [0.25, 0.3) is 0 Å². The quantitative estimate of drug-likeness (QED) is 0.681. The number of nitrogens with one attached hydrogen (secondary N) is 1. The fraction of sp³-hybridized carbons (Fsp3) is 0.909.